The molecular weight excluding hydrogens is 449 g/mol. The van der Waals surface area contributed by atoms with Crippen LogP contribution in [-0.4, -0.2) is 39.9 Å². The first kappa shape index (κ1) is 19.2. The molecule has 0 spiro atoms. The van der Waals surface area contributed by atoms with Gasteiger partial charge in [0.15, 0.2) is 5.65 Å². The van der Waals surface area contributed by atoms with Crippen molar-refractivity contribution in [3.8, 4) is 17.0 Å². The summed E-state index contributed by atoms with van der Waals surface area (Å²) >= 11 is 0. The number of hydrogen-bond acceptors (Lipinski definition) is 7. The summed E-state index contributed by atoms with van der Waals surface area (Å²) in [5.41, 5.74) is 0.463. The van der Waals surface area contributed by atoms with Gasteiger partial charge in [0, 0.05) is 41.6 Å². The number of rotatable bonds is 5. The van der Waals surface area contributed by atoms with Crippen molar-refractivity contribution in [1.29, 1.82) is 0 Å². The van der Waals surface area contributed by atoms with Crippen molar-refractivity contribution in [3.05, 3.63) is 65.6 Å². The van der Waals surface area contributed by atoms with Crippen molar-refractivity contribution in [2.75, 3.05) is 24.7 Å². The molecule has 0 unspecified atom stereocenters. The third kappa shape index (κ3) is 4.58. The zero-order valence-corrected chi connectivity index (χ0v) is 17.9. The van der Waals surface area contributed by atoms with Crippen LogP contribution in [-0.2, 0) is 6.18 Å². The summed E-state index contributed by atoms with van der Waals surface area (Å²) in [6, 6.07) is 8.17. The van der Waals surface area contributed by atoms with E-state index in [9.17, 15) is 18.0 Å². The summed E-state index contributed by atoms with van der Waals surface area (Å²) in [5.74, 6) is -0.728. The van der Waals surface area contributed by atoms with Crippen LogP contribution in [0.3, 0.4) is 0 Å². The Morgan fingerprint density at radius 3 is 2.65 bits per heavy atom. The number of carbonyl (C=O) groups is 1. The molecule has 0 aliphatic rings. The number of carbonyl (C=O) groups excluding carboxylic acids is 1. The van der Waals surface area contributed by atoms with E-state index in [0.717, 1.165) is 12.3 Å². The van der Waals surface area contributed by atoms with Crippen LogP contribution in [0.1, 0.15) is 25.7 Å². The summed E-state index contributed by atoms with van der Waals surface area (Å²) in [7, 11) is -1.19. The smallest absolute Gasteiger partial charge is 0.433 e. The van der Waals surface area contributed by atoms with Crippen molar-refractivity contribution >= 4 is 28.6 Å². The van der Waals surface area contributed by atoms with Crippen LogP contribution in [0.25, 0.3) is 22.2 Å². The van der Waals surface area contributed by atoms with Gasteiger partial charge < -0.3 is 15.4 Å². The number of pyridine rings is 2. The summed E-state index contributed by atoms with van der Waals surface area (Å²) in [6.07, 6.45) is -2.29. The summed E-state index contributed by atoms with van der Waals surface area (Å²) in [4.78, 5) is 28.6. The van der Waals surface area contributed by atoms with E-state index < -0.39 is 24.8 Å². The third-order valence-corrected chi connectivity index (χ3v) is 4.95. The van der Waals surface area contributed by atoms with Gasteiger partial charge in [-0.2, -0.15) is 23.1 Å². The van der Waals surface area contributed by atoms with Gasteiger partial charge in [0.2, 0.25) is 11.8 Å². The van der Waals surface area contributed by atoms with Crippen LogP contribution in [0.15, 0.2) is 48.8 Å². The standard InChI is InChI=1S/C23H19F3N6O2/c1-12-4-5-15(30-20(33)13-6-7-28-18(9-13)23(24,25)26)10-16(12)17-8-14-11-29-22(27-2)32-19(14)31-21(17)34-3/h4-11H,1-3H3,(H,30,33)(H,27,29,31,32)/i3D3. The Morgan fingerprint density at radius 2 is 1.91 bits per heavy atom. The van der Waals surface area contributed by atoms with E-state index in [2.05, 4.69) is 30.6 Å². The van der Waals surface area contributed by atoms with Crippen LogP contribution in [0, 0.1) is 6.92 Å². The van der Waals surface area contributed by atoms with Gasteiger partial charge in [-0.3, -0.25) is 9.78 Å². The molecule has 174 valence electrons. The molecule has 34 heavy (non-hydrogen) atoms. The summed E-state index contributed by atoms with van der Waals surface area (Å²) in [6.45, 7) is 1.75. The minimum Gasteiger partial charge on any atom is -0.480 e. The number of aromatic nitrogens is 4. The van der Waals surface area contributed by atoms with E-state index in [0.29, 0.717) is 28.1 Å². The number of amides is 1. The molecule has 3 aromatic heterocycles. The summed E-state index contributed by atoms with van der Waals surface area (Å²) in [5, 5.41) is 5.82. The lowest BCUT2D eigenvalue weighted by molar-refractivity contribution is -0.141. The molecule has 0 aliphatic heterocycles. The Kier molecular flexibility index (Phi) is 5.04. The van der Waals surface area contributed by atoms with E-state index in [4.69, 9.17) is 8.85 Å². The third-order valence-electron chi connectivity index (χ3n) is 4.95. The summed E-state index contributed by atoms with van der Waals surface area (Å²) < 4.78 is 66.8. The van der Waals surface area contributed by atoms with E-state index in [1.54, 1.807) is 32.2 Å². The molecule has 3 heterocycles. The first-order valence-electron chi connectivity index (χ1n) is 11.3. The molecule has 11 heteroatoms. The molecule has 1 aromatic carbocycles. The van der Waals surface area contributed by atoms with Gasteiger partial charge >= 0.3 is 6.18 Å². The van der Waals surface area contributed by atoms with Gasteiger partial charge in [0.25, 0.3) is 5.91 Å². The highest BCUT2D eigenvalue weighted by molar-refractivity contribution is 6.04. The lowest BCUT2D eigenvalue weighted by Crippen LogP contribution is -2.15. The predicted molar refractivity (Wildman–Crippen MR) is 121 cm³/mol. The SMILES string of the molecule is [2H]C([2H])([2H])Oc1nc2nc(NC)ncc2cc1-c1cc(NC(=O)c2ccnc(C(F)(F)F)c2)ccc1C. The number of hydrogen-bond donors (Lipinski definition) is 2. The molecular formula is C23H19F3N6O2. The molecule has 2 N–H and O–H groups in total. The number of aryl methyl sites for hydroxylation is 1. The first-order chi connectivity index (χ1) is 17.3. The number of halogens is 3. The Morgan fingerprint density at radius 1 is 1.09 bits per heavy atom. The lowest BCUT2D eigenvalue weighted by Gasteiger charge is -2.14. The largest absolute Gasteiger partial charge is 0.480 e. The number of anilines is 2. The monoisotopic (exact) mass is 471 g/mol. The van der Waals surface area contributed by atoms with Gasteiger partial charge in [0.1, 0.15) is 5.69 Å². The number of fused-ring (bicyclic) bond motifs is 1. The Balaban J connectivity index is 1.75. The van der Waals surface area contributed by atoms with E-state index >= 15 is 0 Å². The molecule has 0 bridgehead atoms. The Labute approximate surface area is 196 Å². The zero-order chi connectivity index (χ0) is 27.0. The van der Waals surface area contributed by atoms with E-state index in [1.807, 2.05) is 0 Å². The van der Waals surface area contributed by atoms with Crippen molar-refractivity contribution in [2.24, 2.45) is 0 Å². The second kappa shape index (κ2) is 8.93. The molecule has 0 saturated heterocycles. The highest BCUT2D eigenvalue weighted by Crippen LogP contribution is 2.35. The fourth-order valence-electron chi connectivity index (χ4n) is 3.26. The zero-order valence-electron chi connectivity index (χ0n) is 20.9. The van der Waals surface area contributed by atoms with Crippen molar-refractivity contribution < 1.29 is 26.8 Å². The van der Waals surface area contributed by atoms with Gasteiger partial charge in [-0.1, -0.05) is 6.07 Å². The molecule has 4 aromatic rings. The first-order valence-corrected chi connectivity index (χ1v) is 9.84. The Hall–Kier alpha value is -4.28. The van der Waals surface area contributed by atoms with Crippen LogP contribution < -0.4 is 15.4 Å². The minimum absolute atomic E-state index is 0.197. The predicted octanol–water partition coefficient (Wildman–Crippen LogP) is 4.72. The molecule has 8 nitrogen and oxygen atoms in total. The molecule has 4 rings (SSSR count). The lowest BCUT2D eigenvalue weighted by atomic mass is 10.00. The maximum Gasteiger partial charge on any atom is 0.433 e. The fourth-order valence-corrected chi connectivity index (χ4v) is 3.26. The molecule has 0 radical (unpaired) electrons. The number of methoxy groups -OCH3 is 1. The number of benzene rings is 1. The van der Waals surface area contributed by atoms with Crippen molar-refractivity contribution in [3.63, 3.8) is 0 Å². The van der Waals surface area contributed by atoms with E-state index in [-0.39, 0.29) is 28.7 Å². The molecule has 0 fully saturated rings. The quantitative estimate of drug-likeness (QED) is 0.434. The van der Waals surface area contributed by atoms with Crippen molar-refractivity contribution in [2.45, 2.75) is 13.1 Å². The second-order valence-corrected chi connectivity index (χ2v) is 7.21. The van der Waals surface area contributed by atoms with Gasteiger partial charge in [0.05, 0.1) is 11.2 Å². The van der Waals surface area contributed by atoms with Crippen LogP contribution in [0.4, 0.5) is 24.8 Å². The number of ether oxygens (including phenoxy) is 1. The number of alkyl halides is 3. The number of nitrogens with one attached hydrogen (secondary N) is 2. The minimum atomic E-state index is -4.70. The molecule has 0 atom stereocenters. The number of nitrogens with zero attached hydrogens (tertiary/aromatic N) is 4. The molecule has 0 saturated carbocycles. The van der Waals surface area contributed by atoms with Crippen molar-refractivity contribution in [1.82, 2.24) is 19.9 Å². The maximum absolute atomic E-state index is 13.0. The maximum atomic E-state index is 13.0. The highest BCUT2D eigenvalue weighted by atomic mass is 19.4. The van der Waals surface area contributed by atoms with Crippen LogP contribution >= 0.6 is 0 Å². The second-order valence-electron chi connectivity index (χ2n) is 7.21. The average molecular weight is 471 g/mol. The molecule has 1 amide bonds. The normalized spacial score (nSPS) is 13.0. The van der Waals surface area contributed by atoms with Gasteiger partial charge in [-0.15, -0.1) is 0 Å². The Bertz CT molecular complexity index is 1500. The van der Waals surface area contributed by atoms with E-state index in [1.165, 1.54) is 12.3 Å². The van der Waals surface area contributed by atoms with Gasteiger partial charge in [-0.25, -0.2) is 4.98 Å². The topological polar surface area (TPSA) is 102 Å². The van der Waals surface area contributed by atoms with Crippen LogP contribution in [0.2, 0.25) is 0 Å². The highest BCUT2D eigenvalue weighted by Gasteiger charge is 2.33. The molecule has 0 aliphatic carbocycles. The average Bonchev–Trinajstić information content (AvgIpc) is 2.83. The van der Waals surface area contributed by atoms with Gasteiger partial charge in [-0.05, 0) is 48.4 Å². The fraction of sp³-hybridized carbons (Fsp3) is 0.174. The van der Waals surface area contributed by atoms with Crippen LogP contribution in [0.5, 0.6) is 5.88 Å².